The van der Waals surface area contributed by atoms with E-state index in [0.29, 0.717) is 32.1 Å². The minimum atomic E-state index is -0.889. The SMILES string of the molecule is CC1(C)C(=O)[C@H](CC#CCCCC(=O)O)[C@H](/C=C\C(O)CCc2sc3ccccc3c2Cl)[C@@H]1O. The first-order valence-corrected chi connectivity index (χ1v) is 12.7. The molecule has 0 aliphatic heterocycles. The first-order chi connectivity index (χ1) is 16.1. The van der Waals surface area contributed by atoms with Gasteiger partial charge in [0.15, 0.2) is 0 Å². The van der Waals surface area contributed by atoms with Crippen molar-refractivity contribution in [3.05, 3.63) is 46.3 Å². The number of unbranched alkanes of at least 4 members (excludes halogenated alkanes) is 1. The van der Waals surface area contributed by atoms with E-state index in [2.05, 4.69) is 11.8 Å². The lowest BCUT2D eigenvalue weighted by molar-refractivity contribution is -0.137. The predicted molar refractivity (Wildman–Crippen MR) is 136 cm³/mol. The predicted octanol–water partition coefficient (Wildman–Crippen LogP) is 5.26. The summed E-state index contributed by atoms with van der Waals surface area (Å²) in [5, 5.41) is 31.8. The summed E-state index contributed by atoms with van der Waals surface area (Å²) in [6.07, 6.45) is 4.24. The van der Waals surface area contributed by atoms with E-state index in [9.17, 15) is 19.8 Å². The fourth-order valence-corrected chi connectivity index (χ4v) is 5.97. The van der Waals surface area contributed by atoms with Crippen LogP contribution in [0.1, 0.15) is 50.8 Å². The summed E-state index contributed by atoms with van der Waals surface area (Å²) in [5.41, 5.74) is -0.889. The fourth-order valence-electron chi connectivity index (χ4n) is 4.42. The number of ketones is 1. The number of aliphatic hydroxyl groups excluding tert-OH is 2. The van der Waals surface area contributed by atoms with Crippen molar-refractivity contribution in [1.82, 2.24) is 0 Å². The Labute approximate surface area is 209 Å². The molecule has 2 aromatic rings. The largest absolute Gasteiger partial charge is 0.481 e. The highest BCUT2D eigenvalue weighted by atomic mass is 35.5. The third kappa shape index (κ3) is 6.09. The van der Waals surface area contributed by atoms with Crippen LogP contribution in [-0.2, 0) is 16.0 Å². The van der Waals surface area contributed by atoms with E-state index in [0.717, 1.165) is 20.0 Å². The zero-order valence-corrected chi connectivity index (χ0v) is 21.0. The molecule has 1 aromatic carbocycles. The maximum absolute atomic E-state index is 12.9. The van der Waals surface area contributed by atoms with Crippen molar-refractivity contribution in [3.8, 4) is 11.8 Å². The van der Waals surface area contributed by atoms with E-state index < -0.39 is 35.4 Å². The summed E-state index contributed by atoms with van der Waals surface area (Å²) in [5.74, 6) is 4.14. The van der Waals surface area contributed by atoms with E-state index in [-0.39, 0.29) is 12.2 Å². The molecule has 1 saturated carbocycles. The molecule has 182 valence electrons. The molecule has 3 rings (SSSR count). The van der Waals surface area contributed by atoms with Gasteiger partial charge in [-0.25, -0.2) is 0 Å². The molecular weight excluding hydrogens is 472 g/mol. The third-order valence-corrected chi connectivity index (χ3v) is 8.28. The van der Waals surface area contributed by atoms with Crippen LogP contribution in [-0.4, -0.2) is 39.3 Å². The Morgan fingerprint density at radius 2 is 2.03 bits per heavy atom. The molecule has 7 heteroatoms. The summed E-state index contributed by atoms with van der Waals surface area (Å²) in [4.78, 5) is 24.5. The second-order valence-electron chi connectivity index (χ2n) is 9.35. The van der Waals surface area contributed by atoms with Crippen molar-refractivity contribution in [2.24, 2.45) is 17.3 Å². The lowest BCUT2D eigenvalue weighted by Gasteiger charge is -2.22. The monoisotopic (exact) mass is 502 g/mol. The van der Waals surface area contributed by atoms with Gasteiger partial charge in [0.25, 0.3) is 0 Å². The Hall–Kier alpha value is -2.17. The minimum Gasteiger partial charge on any atom is -0.481 e. The van der Waals surface area contributed by atoms with Gasteiger partial charge < -0.3 is 15.3 Å². The number of rotatable bonds is 9. The molecule has 4 atom stereocenters. The molecule has 0 radical (unpaired) electrons. The molecule has 1 aliphatic rings. The van der Waals surface area contributed by atoms with E-state index in [4.69, 9.17) is 16.7 Å². The smallest absolute Gasteiger partial charge is 0.303 e. The van der Waals surface area contributed by atoms with Gasteiger partial charge in [-0.05, 0) is 25.3 Å². The second kappa shape index (κ2) is 11.5. The molecule has 3 N–H and O–H groups in total. The fraction of sp³-hybridized carbons (Fsp3) is 0.481. The number of hydrogen-bond acceptors (Lipinski definition) is 5. The van der Waals surface area contributed by atoms with Crippen LogP contribution in [0.5, 0.6) is 0 Å². The topological polar surface area (TPSA) is 94.8 Å². The highest BCUT2D eigenvalue weighted by molar-refractivity contribution is 7.19. The van der Waals surface area contributed by atoms with Crippen LogP contribution < -0.4 is 0 Å². The van der Waals surface area contributed by atoms with Gasteiger partial charge >= 0.3 is 5.97 Å². The average molecular weight is 503 g/mol. The van der Waals surface area contributed by atoms with Gasteiger partial charge in [-0.2, -0.15) is 0 Å². The number of aryl methyl sites for hydroxylation is 1. The Kier molecular flexibility index (Phi) is 8.95. The maximum atomic E-state index is 12.9. The molecule has 1 aliphatic carbocycles. The number of halogens is 1. The van der Waals surface area contributed by atoms with Crippen LogP contribution in [0.15, 0.2) is 36.4 Å². The highest BCUT2D eigenvalue weighted by Crippen LogP contribution is 2.44. The third-order valence-electron chi connectivity index (χ3n) is 6.50. The maximum Gasteiger partial charge on any atom is 0.303 e. The number of benzene rings is 1. The van der Waals surface area contributed by atoms with E-state index >= 15 is 0 Å². The molecule has 0 saturated heterocycles. The van der Waals surface area contributed by atoms with E-state index in [1.165, 1.54) is 0 Å². The van der Waals surface area contributed by atoms with Crippen LogP contribution in [0, 0.1) is 29.1 Å². The zero-order chi connectivity index (χ0) is 24.9. The Morgan fingerprint density at radius 3 is 2.74 bits per heavy atom. The second-order valence-corrected chi connectivity index (χ2v) is 10.9. The number of carboxylic acid groups (broad SMARTS) is 1. The van der Waals surface area contributed by atoms with Gasteiger partial charge in [-0.1, -0.05) is 55.8 Å². The van der Waals surface area contributed by atoms with Crippen molar-refractivity contribution in [2.75, 3.05) is 0 Å². The van der Waals surface area contributed by atoms with E-state index in [1.807, 2.05) is 24.3 Å². The molecule has 0 amide bonds. The Balaban J connectivity index is 1.62. The molecule has 5 nitrogen and oxygen atoms in total. The van der Waals surface area contributed by atoms with Crippen LogP contribution in [0.25, 0.3) is 10.1 Å². The number of thiophene rings is 1. The number of carboxylic acids is 1. The first kappa shape index (κ1) is 26.4. The number of hydrogen-bond donors (Lipinski definition) is 3. The van der Waals surface area contributed by atoms with Crippen molar-refractivity contribution >= 4 is 44.8 Å². The number of carbonyl (C=O) groups excluding carboxylic acids is 1. The molecule has 0 bridgehead atoms. The lowest BCUT2D eigenvalue weighted by atomic mass is 9.86. The molecule has 0 spiro atoms. The number of Topliss-reactive ketones (excluding diaryl/α,β-unsaturated/α-hetero) is 1. The quantitative estimate of drug-likeness (QED) is 0.247. The van der Waals surface area contributed by atoms with Crippen LogP contribution >= 0.6 is 22.9 Å². The van der Waals surface area contributed by atoms with Gasteiger partial charge in [0.05, 0.1) is 22.6 Å². The summed E-state index contributed by atoms with van der Waals surface area (Å²) in [7, 11) is 0. The van der Waals surface area contributed by atoms with Gasteiger partial charge in [-0.3, -0.25) is 9.59 Å². The lowest BCUT2D eigenvalue weighted by Crippen LogP contribution is -2.31. The zero-order valence-electron chi connectivity index (χ0n) is 19.5. The van der Waals surface area contributed by atoms with Crippen molar-refractivity contribution in [2.45, 2.75) is 64.6 Å². The number of carbonyl (C=O) groups is 2. The summed E-state index contributed by atoms with van der Waals surface area (Å²) in [6.45, 7) is 3.47. The molecule has 34 heavy (non-hydrogen) atoms. The number of aliphatic hydroxyl groups is 2. The van der Waals surface area contributed by atoms with Gasteiger partial charge in [0.1, 0.15) is 5.78 Å². The van der Waals surface area contributed by atoms with Crippen molar-refractivity contribution < 1.29 is 24.9 Å². The molecule has 1 heterocycles. The van der Waals surface area contributed by atoms with Crippen LogP contribution in [0.3, 0.4) is 0 Å². The summed E-state index contributed by atoms with van der Waals surface area (Å²) < 4.78 is 1.12. The Bertz CT molecular complexity index is 1120. The number of aliphatic carboxylic acids is 1. The van der Waals surface area contributed by atoms with Crippen molar-refractivity contribution in [1.29, 1.82) is 0 Å². The van der Waals surface area contributed by atoms with Gasteiger partial charge in [0.2, 0.25) is 0 Å². The van der Waals surface area contributed by atoms with E-state index in [1.54, 1.807) is 37.3 Å². The normalized spacial score (nSPS) is 22.7. The standard InChI is InChI=1S/C27H31ClO5S/c1-27(2)25(32)18(9-5-3-4-6-12-23(30)31)19(26(27)33)15-13-17(29)14-16-22-24(28)20-10-7-8-11-21(20)34-22/h7-8,10-11,13,15,17-19,26,29,33H,4,6,9,12,14,16H2,1-2H3,(H,30,31)/b15-13-/t17?,18-,19+,26+/m1/s1. The molecule has 1 aromatic heterocycles. The van der Waals surface area contributed by atoms with Crippen molar-refractivity contribution in [3.63, 3.8) is 0 Å². The number of fused-ring (bicyclic) bond motifs is 1. The van der Waals surface area contributed by atoms with Gasteiger partial charge in [0, 0.05) is 46.1 Å². The molecule has 1 unspecified atom stereocenters. The molecule has 1 fully saturated rings. The first-order valence-electron chi connectivity index (χ1n) is 11.5. The average Bonchev–Trinajstić information content (AvgIpc) is 3.20. The van der Waals surface area contributed by atoms with Gasteiger partial charge in [-0.15, -0.1) is 23.2 Å². The summed E-state index contributed by atoms with van der Waals surface area (Å²) >= 11 is 8.13. The minimum absolute atomic E-state index is 0.0407. The summed E-state index contributed by atoms with van der Waals surface area (Å²) in [6, 6.07) is 7.95. The van der Waals surface area contributed by atoms with Crippen LogP contribution in [0.2, 0.25) is 5.02 Å². The van der Waals surface area contributed by atoms with Crippen LogP contribution in [0.4, 0.5) is 0 Å². The molecular formula is C27H31ClO5S. The highest BCUT2D eigenvalue weighted by Gasteiger charge is 2.53. The Morgan fingerprint density at radius 1 is 1.29 bits per heavy atom.